The van der Waals surface area contributed by atoms with Crippen molar-refractivity contribution in [3.8, 4) is 0 Å². The van der Waals surface area contributed by atoms with Crippen LogP contribution in [0.3, 0.4) is 0 Å². The quantitative estimate of drug-likeness (QED) is 0.707. The van der Waals surface area contributed by atoms with Crippen molar-refractivity contribution >= 4 is 17.3 Å². The van der Waals surface area contributed by atoms with E-state index in [4.69, 9.17) is 0 Å². The van der Waals surface area contributed by atoms with Crippen LogP contribution < -0.4 is 0 Å². The number of nitrogens with zero attached hydrogens (tertiary/aromatic N) is 4. The van der Waals surface area contributed by atoms with E-state index in [9.17, 15) is 14.4 Å². The first-order chi connectivity index (χ1) is 8.78. The summed E-state index contributed by atoms with van der Waals surface area (Å²) in [6.45, 7) is 3.71. The van der Waals surface area contributed by atoms with E-state index in [1.165, 1.54) is 4.80 Å². The molecule has 1 heterocycles. The smallest absolute Gasteiger partial charge is 0.182 e. The Labute approximate surface area is 110 Å². The molecule has 2 rings (SSSR count). The third-order valence-electron chi connectivity index (χ3n) is 3.15. The predicted molar refractivity (Wildman–Crippen MR) is 64.0 cm³/mol. The Morgan fingerprint density at radius 1 is 1.32 bits per heavy atom. The van der Waals surface area contributed by atoms with Crippen molar-refractivity contribution in [2.45, 2.75) is 33.1 Å². The lowest BCUT2D eigenvalue weighted by Crippen LogP contribution is -2.42. The number of aryl methyl sites for hydroxylation is 1. The maximum Gasteiger partial charge on any atom is 0.182 e. The molecule has 1 aliphatic carbocycles. The normalized spacial score (nSPS) is 19.7. The summed E-state index contributed by atoms with van der Waals surface area (Å²) >= 11 is 0. The number of carbonyl (C=O) groups excluding carboxylic acids is 3. The van der Waals surface area contributed by atoms with Crippen LogP contribution in [-0.2, 0) is 27.9 Å². The molecule has 0 radical (unpaired) electrons. The molecule has 1 aliphatic rings. The van der Waals surface area contributed by atoms with Crippen LogP contribution in [0.4, 0.5) is 0 Å². The molecule has 0 amide bonds. The summed E-state index contributed by atoms with van der Waals surface area (Å²) < 4.78 is 0. The number of hydrogen-bond donors (Lipinski definition) is 0. The SMILES string of the molecule is Cn1nnc(CC(=O)C2C(=O)CC(C)(C)CC2=O)n1. The molecule has 0 saturated heterocycles. The molecule has 1 saturated carbocycles. The van der Waals surface area contributed by atoms with Gasteiger partial charge in [-0.25, -0.2) is 0 Å². The first-order valence-corrected chi connectivity index (χ1v) is 6.09. The van der Waals surface area contributed by atoms with E-state index in [0.29, 0.717) is 0 Å². The molecule has 7 nitrogen and oxygen atoms in total. The molecule has 0 atom stereocenters. The molecule has 0 N–H and O–H groups in total. The monoisotopic (exact) mass is 264 g/mol. The standard InChI is InChI=1S/C12H16N4O3/c1-12(2)5-8(18)11(9(19)6-12)7(17)4-10-13-15-16(3)14-10/h11H,4-6H2,1-3H3. The van der Waals surface area contributed by atoms with E-state index >= 15 is 0 Å². The molecule has 1 fully saturated rings. The molecule has 102 valence electrons. The van der Waals surface area contributed by atoms with Crippen molar-refractivity contribution in [2.75, 3.05) is 0 Å². The van der Waals surface area contributed by atoms with Crippen molar-refractivity contribution in [1.82, 2.24) is 20.2 Å². The Balaban J connectivity index is 2.11. The highest BCUT2D eigenvalue weighted by molar-refractivity contribution is 6.21. The fraction of sp³-hybridized carbons (Fsp3) is 0.667. The maximum absolute atomic E-state index is 12.0. The fourth-order valence-corrected chi connectivity index (χ4v) is 2.40. The van der Waals surface area contributed by atoms with E-state index in [2.05, 4.69) is 15.4 Å². The maximum atomic E-state index is 12.0. The van der Waals surface area contributed by atoms with Gasteiger partial charge in [0, 0.05) is 12.8 Å². The van der Waals surface area contributed by atoms with Crippen molar-refractivity contribution in [3.63, 3.8) is 0 Å². The average molecular weight is 264 g/mol. The second kappa shape index (κ2) is 4.64. The van der Waals surface area contributed by atoms with Gasteiger partial charge in [-0.05, 0) is 10.6 Å². The minimum atomic E-state index is -1.14. The number of aromatic nitrogens is 4. The number of ketones is 3. The lowest BCUT2D eigenvalue weighted by Gasteiger charge is -2.31. The predicted octanol–water partition coefficient (Wildman–Crippen LogP) is -0.104. The van der Waals surface area contributed by atoms with Gasteiger partial charge in [-0.15, -0.1) is 10.2 Å². The van der Waals surface area contributed by atoms with Gasteiger partial charge >= 0.3 is 0 Å². The number of rotatable bonds is 3. The summed E-state index contributed by atoms with van der Waals surface area (Å²) in [5.41, 5.74) is -0.351. The van der Waals surface area contributed by atoms with Crippen LogP contribution in [0.25, 0.3) is 0 Å². The van der Waals surface area contributed by atoms with Gasteiger partial charge in [0.05, 0.1) is 13.5 Å². The van der Waals surface area contributed by atoms with Gasteiger partial charge in [0.25, 0.3) is 0 Å². The van der Waals surface area contributed by atoms with Gasteiger partial charge in [0.1, 0.15) is 5.92 Å². The minimum Gasteiger partial charge on any atom is -0.298 e. The third-order valence-corrected chi connectivity index (χ3v) is 3.15. The Hall–Kier alpha value is -1.92. The van der Waals surface area contributed by atoms with Crippen molar-refractivity contribution in [2.24, 2.45) is 18.4 Å². The summed E-state index contributed by atoms with van der Waals surface area (Å²) in [5.74, 6) is -1.93. The molecule has 0 unspecified atom stereocenters. The lowest BCUT2D eigenvalue weighted by molar-refractivity contribution is -0.145. The molecular formula is C12H16N4O3. The van der Waals surface area contributed by atoms with Crippen molar-refractivity contribution in [3.05, 3.63) is 5.82 Å². The zero-order chi connectivity index (χ0) is 14.2. The first kappa shape index (κ1) is 13.5. The molecule has 7 heteroatoms. The fourth-order valence-electron chi connectivity index (χ4n) is 2.40. The van der Waals surface area contributed by atoms with Gasteiger partial charge < -0.3 is 0 Å². The van der Waals surface area contributed by atoms with Crippen LogP contribution in [-0.4, -0.2) is 37.6 Å². The Kier molecular flexibility index (Phi) is 3.30. The molecule has 0 bridgehead atoms. The largest absolute Gasteiger partial charge is 0.298 e. The topological polar surface area (TPSA) is 94.8 Å². The van der Waals surface area contributed by atoms with E-state index in [1.54, 1.807) is 7.05 Å². The Bertz CT molecular complexity index is 527. The number of Topliss-reactive ketones (excluding diaryl/α,β-unsaturated/α-hetero) is 3. The van der Waals surface area contributed by atoms with E-state index in [0.717, 1.165) is 0 Å². The van der Waals surface area contributed by atoms with Crippen molar-refractivity contribution in [1.29, 1.82) is 0 Å². The second-order valence-electron chi connectivity index (χ2n) is 5.72. The molecular weight excluding hydrogens is 248 g/mol. The van der Waals surface area contributed by atoms with Gasteiger partial charge in [0.2, 0.25) is 0 Å². The van der Waals surface area contributed by atoms with Gasteiger partial charge in [-0.2, -0.15) is 4.80 Å². The van der Waals surface area contributed by atoms with Crippen LogP contribution >= 0.6 is 0 Å². The molecule has 1 aromatic heterocycles. The van der Waals surface area contributed by atoms with Crippen LogP contribution in [0.2, 0.25) is 0 Å². The highest BCUT2D eigenvalue weighted by Crippen LogP contribution is 2.34. The van der Waals surface area contributed by atoms with E-state index < -0.39 is 11.7 Å². The molecule has 0 aliphatic heterocycles. The highest BCUT2D eigenvalue weighted by Gasteiger charge is 2.43. The summed E-state index contributed by atoms with van der Waals surface area (Å²) in [7, 11) is 1.58. The third kappa shape index (κ3) is 2.91. The van der Waals surface area contributed by atoms with E-state index in [1.807, 2.05) is 13.8 Å². The minimum absolute atomic E-state index is 0.129. The summed E-state index contributed by atoms with van der Waals surface area (Å²) in [5, 5.41) is 11.2. The first-order valence-electron chi connectivity index (χ1n) is 6.09. The Morgan fingerprint density at radius 3 is 2.37 bits per heavy atom. The zero-order valence-corrected chi connectivity index (χ0v) is 11.2. The zero-order valence-electron chi connectivity index (χ0n) is 11.2. The molecule has 19 heavy (non-hydrogen) atoms. The number of carbonyl (C=O) groups is 3. The molecule has 0 spiro atoms. The number of tetrazole rings is 1. The summed E-state index contributed by atoms with van der Waals surface area (Å²) in [4.78, 5) is 37.2. The lowest BCUT2D eigenvalue weighted by atomic mass is 9.70. The Morgan fingerprint density at radius 2 is 1.89 bits per heavy atom. The molecule has 0 aromatic carbocycles. The van der Waals surface area contributed by atoms with Crippen molar-refractivity contribution < 1.29 is 14.4 Å². The summed E-state index contributed by atoms with van der Waals surface area (Å²) in [6, 6.07) is 0. The number of hydrogen-bond acceptors (Lipinski definition) is 6. The molecule has 1 aromatic rings. The van der Waals surface area contributed by atoms with Crippen LogP contribution in [0.5, 0.6) is 0 Å². The van der Waals surface area contributed by atoms with Crippen LogP contribution in [0, 0.1) is 11.3 Å². The van der Waals surface area contributed by atoms with Crippen LogP contribution in [0.1, 0.15) is 32.5 Å². The van der Waals surface area contributed by atoms with Crippen LogP contribution in [0.15, 0.2) is 0 Å². The average Bonchev–Trinajstić information content (AvgIpc) is 2.60. The highest BCUT2D eigenvalue weighted by atomic mass is 16.2. The summed E-state index contributed by atoms with van der Waals surface area (Å²) in [6.07, 6.45) is 0.377. The van der Waals surface area contributed by atoms with Gasteiger partial charge in [-0.1, -0.05) is 13.8 Å². The van der Waals surface area contributed by atoms with Gasteiger partial charge in [-0.3, -0.25) is 14.4 Å². The van der Waals surface area contributed by atoms with Gasteiger partial charge in [0.15, 0.2) is 23.2 Å². The van der Waals surface area contributed by atoms with E-state index in [-0.39, 0.29) is 42.1 Å². The second-order valence-corrected chi connectivity index (χ2v) is 5.72.